The Bertz CT molecular complexity index is 1040. The summed E-state index contributed by atoms with van der Waals surface area (Å²) in [6, 6.07) is 10.7. The highest BCUT2D eigenvalue weighted by molar-refractivity contribution is 5.99. The van der Waals surface area contributed by atoms with Gasteiger partial charge in [-0.25, -0.2) is 4.98 Å². The summed E-state index contributed by atoms with van der Waals surface area (Å²) >= 11 is 0. The third kappa shape index (κ3) is 8.11. The lowest BCUT2D eigenvalue weighted by atomic mass is 9.99. The van der Waals surface area contributed by atoms with Crippen LogP contribution in [0.4, 0.5) is 0 Å². The van der Waals surface area contributed by atoms with E-state index in [2.05, 4.69) is 11.6 Å². The van der Waals surface area contributed by atoms with Crippen molar-refractivity contribution in [2.75, 3.05) is 13.9 Å². The number of rotatable bonds is 14. The number of Topliss-reactive ketones (excluding diaryl/α,β-unsaturated/α-hetero) is 1. The molecule has 3 atom stereocenters. The molecule has 0 unspecified atom stereocenters. The summed E-state index contributed by atoms with van der Waals surface area (Å²) in [5.41, 5.74) is -0.0473. The standard InChI is InChI=1S/C27H33NO8/c1-7-22(25(17(2)3)35-20-11-9-8-10-12-20)36-27(31)18(4)15-21(30)24-26(34-16-33-19(5)29)23(32-6)13-14-28-24/h7-14,17-18,22,25H,1,15-16H2,2-6H3/t18-,22-,25-/m1/s1. The predicted octanol–water partition coefficient (Wildman–Crippen LogP) is 4.40. The molecule has 0 aliphatic carbocycles. The Morgan fingerprint density at radius 3 is 2.36 bits per heavy atom. The van der Waals surface area contributed by atoms with E-state index in [1.54, 1.807) is 6.92 Å². The quantitative estimate of drug-likeness (QED) is 0.162. The van der Waals surface area contributed by atoms with Gasteiger partial charge in [0.15, 0.2) is 29.1 Å². The average molecular weight is 500 g/mol. The van der Waals surface area contributed by atoms with Crippen molar-refractivity contribution in [1.82, 2.24) is 4.98 Å². The first-order valence-electron chi connectivity index (χ1n) is 11.5. The molecule has 9 heteroatoms. The summed E-state index contributed by atoms with van der Waals surface area (Å²) in [6.07, 6.45) is 1.50. The summed E-state index contributed by atoms with van der Waals surface area (Å²) in [5, 5.41) is 0. The van der Waals surface area contributed by atoms with Crippen molar-refractivity contribution in [3.8, 4) is 17.2 Å². The lowest BCUT2D eigenvalue weighted by Gasteiger charge is -2.29. The molecule has 0 aliphatic heterocycles. The van der Waals surface area contributed by atoms with Crippen LogP contribution in [-0.4, -0.2) is 48.8 Å². The van der Waals surface area contributed by atoms with Crippen LogP contribution in [0, 0.1) is 11.8 Å². The molecule has 0 bridgehead atoms. The van der Waals surface area contributed by atoms with Gasteiger partial charge >= 0.3 is 11.9 Å². The number of para-hydroxylation sites is 1. The van der Waals surface area contributed by atoms with Gasteiger partial charge in [0.2, 0.25) is 6.79 Å². The molecule has 0 saturated carbocycles. The highest BCUT2D eigenvalue weighted by Gasteiger charge is 2.31. The second-order valence-electron chi connectivity index (χ2n) is 8.39. The number of esters is 2. The first-order valence-corrected chi connectivity index (χ1v) is 11.5. The maximum absolute atomic E-state index is 13.0. The van der Waals surface area contributed by atoms with Gasteiger partial charge in [-0.1, -0.05) is 45.5 Å². The minimum atomic E-state index is -0.793. The van der Waals surface area contributed by atoms with Crippen LogP contribution in [0.25, 0.3) is 0 Å². The molecular weight excluding hydrogens is 466 g/mol. The van der Waals surface area contributed by atoms with Crippen LogP contribution in [0.1, 0.15) is 44.6 Å². The molecule has 0 radical (unpaired) electrons. The van der Waals surface area contributed by atoms with Crippen molar-refractivity contribution in [1.29, 1.82) is 0 Å². The summed E-state index contributed by atoms with van der Waals surface area (Å²) in [6.45, 7) is 10.1. The summed E-state index contributed by atoms with van der Waals surface area (Å²) in [7, 11) is 1.40. The number of nitrogens with zero attached hydrogens (tertiary/aromatic N) is 1. The van der Waals surface area contributed by atoms with E-state index in [9.17, 15) is 14.4 Å². The van der Waals surface area contributed by atoms with Crippen LogP contribution in [0.3, 0.4) is 0 Å². The summed E-state index contributed by atoms with van der Waals surface area (Å²) < 4.78 is 27.2. The average Bonchev–Trinajstić information content (AvgIpc) is 2.86. The van der Waals surface area contributed by atoms with Gasteiger partial charge in [0, 0.05) is 25.6 Å². The smallest absolute Gasteiger partial charge is 0.309 e. The monoisotopic (exact) mass is 499 g/mol. The lowest BCUT2D eigenvalue weighted by Crippen LogP contribution is -2.39. The maximum atomic E-state index is 13.0. The minimum absolute atomic E-state index is 0.0101. The molecule has 0 fully saturated rings. The first kappa shape index (κ1) is 28.4. The fourth-order valence-corrected chi connectivity index (χ4v) is 3.30. The molecule has 2 rings (SSSR count). The highest BCUT2D eigenvalue weighted by atomic mass is 16.7. The molecule has 1 aromatic heterocycles. The van der Waals surface area contributed by atoms with Crippen molar-refractivity contribution in [3.05, 3.63) is 60.9 Å². The van der Waals surface area contributed by atoms with Gasteiger partial charge in [-0.15, -0.1) is 0 Å². The third-order valence-corrected chi connectivity index (χ3v) is 5.19. The van der Waals surface area contributed by atoms with Crippen molar-refractivity contribution < 1.29 is 38.1 Å². The Balaban J connectivity index is 2.11. The zero-order chi connectivity index (χ0) is 26.7. The Hall–Kier alpha value is -3.88. The molecule has 194 valence electrons. The topological polar surface area (TPSA) is 110 Å². The van der Waals surface area contributed by atoms with E-state index in [1.807, 2.05) is 44.2 Å². The van der Waals surface area contributed by atoms with E-state index in [0.717, 1.165) is 0 Å². The molecule has 36 heavy (non-hydrogen) atoms. The summed E-state index contributed by atoms with van der Waals surface area (Å²) in [5.74, 6) is -1.47. The fraction of sp³-hybridized carbons (Fsp3) is 0.407. The molecule has 2 aromatic rings. The zero-order valence-corrected chi connectivity index (χ0v) is 21.3. The highest BCUT2D eigenvalue weighted by Crippen LogP contribution is 2.31. The molecular formula is C27H33NO8. The molecule has 0 spiro atoms. The van der Waals surface area contributed by atoms with Crippen LogP contribution in [0.5, 0.6) is 17.2 Å². The number of pyridine rings is 1. The summed E-state index contributed by atoms with van der Waals surface area (Å²) in [4.78, 5) is 41.1. The number of ether oxygens (including phenoxy) is 5. The Morgan fingerprint density at radius 2 is 1.78 bits per heavy atom. The first-order chi connectivity index (χ1) is 17.2. The fourth-order valence-electron chi connectivity index (χ4n) is 3.30. The maximum Gasteiger partial charge on any atom is 0.309 e. The van der Waals surface area contributed by atoms with Gasteiger partial charge in [-0.2, -0.15) is 0 Å². The number of ketones is 1. The minimum Gasteiger partial charge on any atom is -0.493 e. The van der Waals surface area contributed by atoms with Gasteiger partial charge in [0.05, 0.1) is 13.0 Å². The van der Waals surface area contributed by atoms with E-state index in [1.165, 1.54) is 32.4 Å². The van der Waals surface area contributed by atoms with Crippen LogP contribution in [-0.2, 0) is 19.1 Å². The Labute approximate surface area is 211 Å². The second kappa shape index (κ2) is 13.9. The van der Waals surface area contributed by atoms with Gasteiger partial charge in [-0.05, 0) is 24.1 Å². The number of aromatic nitrogens is 1. The lowest BCUT2D eigenvalue weighted by molar-refractivity contribution is -0.156. The number of hydrogen-bond acceptors (Lipinski definition) is 9. The van der Waals surface area contributed by atoms with Gasteiger partial charge in [0.1, 0.15) is 11.9 Å². The van der Waals surface area contributed by atoms with Crippen LogP contribution in [0.2, 0.25) is 0 Å². The van der Waals surface area contributed by atoms with Crippen molar-refractivity contribution in [3.63, 3.8) is 0 Å². The SMILES string of the molecule is C=C[C@@H](OC(=O)[C@H](C)CC(=O)c1nccc(OC)c1OCOC(C)=O)[C@H](Oc1ccccc1)C(C)C. The van der Waals surface area contributed by atoms with E-state index >= 15 is 0 Å². The van der Waals surface area contributed by atoms with Crippen LogP contribution >= 0.6 is 0 Å². The van der Waals surface area contributed by atoms with Gasteiger partial charge in [0.25, 0.3) is 0 Å². The zero-order valence-electron chi connectivity index (χ0n) is 21.3. The molecule has 0 N–H and O–H groups in total. The molecule has 0 aliphatic rings. The van der Waals surface area contributed by atoms with Gasteiger partial charge < -0.3 is 23.7 Å². The number of benzene rings is 1. The Kier molecular flexibility index (Phi) is 10.9. The van der Waals surface area contributed by atoms with E-state index < -0.39 is 42.6 Å². The largest absolute Gasteiger partial charge is 0.493 e. The van der Waals surface area contributed by atoms with Crippen LogP contribution in [0.15, 0.2) is 55.3 Å². The number of carbonyl (C=O) groups is 3. The molecule has 9 nitrogen and oxygen atoms in total. The molecule has 1 heterocycles. The van der Waals surface area contributed by atoms with Crippen molar-refractivity contribution >= 4 is 17.7 Å². The van der Waals surface area contributed by atoms with Crippen molar-refractivity contribution in [2.45, 2.75) is 46.3 Å². The number of hydrogen-bond donors (Lipinski definition) is 0. The third-order valence-electron chi connectivity index (χ3n) is 5.19. The molecule has 0 saturated heterocycles. The Morgan fingerprint density at radius 1 is 1.08 bits per heavy atom. The second-order valence-corrected chi connectivity index (χ2v) is 8.39. The normalized spacial score (nSPS) is 13.2. The molecule has 1 aromatic carbocycles. The van der Waals surface area contributed by atoms with Gasteiger partial charge in [-0.3, -0.25) is 14.4 Å². The van der Waals surface area contributed by atoms with E-state index in [-0.39, 0.29) is 29.5 Å². The van der Waals surface area contributed by atoms with Crippen LogP contribution < -0.4 is 14.2 Å². The van der Waals surface area contributed by atoms with Crippen molar-refractivity contribution in [2.24, 2.45) is 11.8 Å². The predicted molar refractivity (Wildman–Crippen MR) is 132 cm³/mol. The van der Waals surface area contributed by atoms with E-state index in [0.29, 0.717) is 5.75 Å². The number of carbonyl (C=O) groups excluding carboxylic acids is 3. The van der Waals surface area contributed by atoms with E-state index in [4.69, 9.17) is 23.7 Å². The molecule has 0 amide bonds. The number of methoxy groups -OCH3 is 1.